The molecule has 1 amide bonds. The van der Waals surface area contributed by atoms with Crippen LogP contribution >= 0.6 is 0 Å². The summed E-state index contributed by atoms with van der Waals surface area (Å²) in [6.07, 6.45) is 2.15. The largest absolute Gasteiger partial charge is 0.352 e. The molecule has 2 nitrogen and oxygen atoms in total. The average molecular weight is 211 g/mol. The molecule has 0 bridgehead atoms. The molecular weight excluding hydrogens is 186 g/mol. The predicted octanol–water partition coefficient (Wildman–Crippen LogP) is 2.97. The van der Waals surface area contributed by atoms with E-state index < -0.39 is 0 Å². The van der Waals surface area contributed by atoms with E-state index in [1.165, 1.54) is 0 Å². The molecule has 15 heavy (non-hydrogen) atoms. The third-order valence-electron chi connectivity index (χ3n) is 2.97. The lowest BCUT2D eigenvalue weighted by molar-refractivity contribution is -0.125. The van der Waals surface area contributed by atoms with E-state index in [2.05, 4.69) is 46.9 Å². The molecule has 1 N–H and O–H groups in total. The lowest BCUT2D eigenvalue weighted by Gasteiger charge is -2.41. The summed E-state index contributed by atoms with van der Waals surface area (Å²) in [6.45, 7) is 13.1. The second-order valence-electron chi connectivity index (χ2n) is 6.95. The van der Waals surface area contributed by atoms with Crippen molar-refractivity contribution in [1.82, 2.24) is 5.32 Å². The topological polar surface area (TPSA) is 29.1 Å². The molecule has 0 heterocycles. The van der Waals surface area contributed by atoms with E-state index >= 15 is 0 Å². The summed E-state index contributed by atoms with van der Waals surface area (Å²) in [4.78, 5) is 11.8. The maximum Gasteiger partial charge on any atom is 0.223 e. The van der Waals surface area contributed by atoms with Crippen LogP contribution in [0.3, 0.4) is 0 Å². The van der Waals surface area contributed by atoms with E-state index in [-0.39, 0.29) is 22.8 Å². The summed E-state index contributed by atoms with van der Waals surface area (Å²) in [5.74, 6) is 0.557. The normalized spacial score (nSPS) is 18.1. The molecule has 1 saturated carbocycles. The molecular formula is C13H25NO. The van der Waals surface area contributed by atoms with Gasteiger partial charge in [-0.1, -0.05) is 41.5 Å². The third-order valence-corrected chi connectivity index (χ3v) is 2.97. The molecule has 1 aliphatic carbocycles. The molecule has 0 saturated heterocycles. The van der Waals surface area contributed by atoms with Gasteiger partial charge in [-0.05, 0) is 23.7 Å². The van der Waals surface area contributed by atoms with Crippen LogP contribution in [0.15, 0.2) is 0 Å². The van der Waals surface area contributed by atoms with Crippen molar-refractivity contribution >= 4 is 5.91 Å². The summed E-state index contributed by atoms with van der Waals surface area (Å²) >= 11 is 0. The van der Waals surface area contributed by atoms with Crippen LogP contribution in [0.1, 0.15) is 54.4 Å². The fraction of sp³-hybridized carbons (Fsp3) is 0.923. The SMILES string of the molecule is CC(C)(C)C(NC(=O)C1CC1)C(C)(C)C. The summed E-state index contributed by atoms with van der Waals surface area (Å²) in [7, 11) is 0. The first-order valence-corrected chi connectivity index (χ1v) is 5.93. The van der Waals surface area contributed by atoms with Crippen LogP contribution in [-0.4, -0.2) is 11.9 Å². The van der Waals surface area contributed by atoms with Gasteiger partial charge in [0.25, 0.3) is 0 Å². The van der Waals surface area contributed by atoms with Crippen molar-refractivity contribution in [3.8, 4) is 0 Å². The Kier molecular flexibility index (Phi) is 3.18. The van der Waals surface area contributed by atoms with Gasteiger partial charge in [-0.3, -0.25) is 4.79 Å². The monoisotopic (exact) mass is 211 g/mol. The summed E-state index contributed by atoms with van der Waals surface area (Å²) in [6, 6.07) is 0.234. The van der Waals surface area contributed by atoms with Crippen LogP contribution in [0.4, 0.5) is 0 Å². The van der Waals surface area contributed by atoms with Crippen LogP contribution in [-0.2, 0) is 4.79 Å². The first-order chi connectivity index (χ1) is 6.62. The Bertz CT molecular complexity index is 226. The number of amides is 1. The van der Waals surface area contributed by atoms with Gasteiger partial charge in [0.05, 0.1) is 0 Å². The summed E-state index contributed by atoms with van der Waals surface area (Å²) in [5.41, 5.74) is 0.228. The Hall–Kier alpha value is -0.530. The Morgan fingerprint density at radius 1 is 1.07 bits per heavy atom. The minimum absolute atomic E-state index is 0.114. The molecule has 0 aromatic heterocycles. The molecule has 2 heteroatoms. The van der Waals surface area contributed by atoms with E-state index in [0.29, 0.717) is 5.92 Å². The van der Waals surface area contributed by atoms with Crippen molar-refractivity contribution < 1.29 is 4.79 Å². The van der Waals surface area contributed by atoms with Gasteiger partial charge in [0.1, 0.15) is 0 Å². The highest BCUT2D eigenvalue weighted by atomic mass is 16.2. The highest BCUT2D eigenvalue weighted by molar-refractivity contribution is 5.81. The Labute approximate surface area is 93.8 Å². The third kappa shape index (κ3) is 3.51. The minimum atomic E-state index is 0.114. The second-order valence-corrected chi connectivity index (χ2v) is 6.95. The first-order valence-electron chi connectivity index (χ1n) is 5.93. The summed E-state index contributed by atoms with van der Waals surface area (Å²) < 4.78 is 0. The zero-order chi connectivity index (χ0) is 11.9. The molecule has 1 rings (SSSR count). The molecule has 0 spiro atoms. The lowest BCUT2D eigenvalue weighted by Crippen LogP contribution is -2.51. The van der Waals surface area contributed by atoms with E-state index in [9.17, 15) is 4.79 Å². The minimum Gasteiger partial charge on any atom is -0.352 e. The quantitative estimate of drug-likeness (QED) is 0.747. The Morgan fingerprint density at radius 2 is 1.47 bits per heavy atom. The molecule has 0 radical (unpaired) electrons. The molecule has 0 unspecified atom stereocenters. The number of nitrogens with one attached hydrogen (secondary N) is 1. The highest BCUT2D eigenvalue weighted by Gasteiger charge is 2.39. The molecule has 0 atom stereocenters. The molecule has 0 aliphatic heterocycles. The molecule has 1 aliphatic rings. The number of hydrogen-bond donors (Lipinski definition) is 1. The number of rotatable bonds is 2. The van der Waals surface area contributed by atoms with E-state index in [4.69, 9.17) is 0 Å². The van der Waals surface area contributed by atoms with Crippen LogP contribution in [0.2, 0.25) is 0 Å². The van der Waals surface area contributed by atoms with Gasteiger partial charge in [-0.15, -0.1) is 0 Å². The van der Waals surface area contributed by atoms with Crippen molar-refractivity contribution in [2.75, 3.05) is 0 Å². The zero-order valence-corrected chi connectivity index (χ0v) is 11.0. The van der Waals surface area contributed by atoms with Crippen molar-refractivity contribution in [3.05, 3.63) is 0 Å². The summed E-state index contributed by atoms with van der Waals surface area (Å²) in [5, 5.41) is 3.22. The molecule has 1 fully saturated rings. The number of carbonyl (C=O) groups is 1. The van der Waals surface area contributed by atoms with Crippen molar-refractivity contribution in [3.63, 3.8) is 0 Å². The average Bonchev–Trinajstić information content (AvgIpc) is 2.76. The van der Waals surface area contributed by atoms with Crippen molar-refractivity contribution in [2.24, 2.45) is 16.7 Å². The second kappa shape index (κ2) is 3.80. The van der Waals surface area contributed by atoms with Gasteiger partial charge < -0.3 is 5.32 Å². The van der Waals surface area contributed by atoms with E-state index in [1.54, 1.807) is 0 Å². The van der Waals surface area contributed by atoms with Gasteiger partial charge >= 0.3 is 0 Å². The van der Waals surface area contributed by atoms with Gasteiger partial charge in [0.15, 0.2) is 0 Å². The van der Waals surface area contributed by atoms with Crippen molar-refractivity contribution in [1.29, 1.82) is 0 Å². The van der Waals surface area contributed by atoms with Crippen molar-refractivity contribution in [2.45, 2.75) is 60.4 Å². The van der Waals surface area contributed by atoms with Gasteiger partial charge in [-0.2, -0.15) is 0 Å². The van der Waals surface area contributed by atoms with Gasteiger partial charge in [-0.25, -0.2) is 0 Å². The maximum absolute atomic E-state index is 11.8. The molecule has 0 aromatic rings. The predicted molar refractivity (Wildman–Crippen MR) is 63.6 cm³/mol. The highest BCUT2D eigenvalue weighted by Crippen LogP contribution is 2.35. The van der Waals surface area contributed by atoms with Crippen LogP contribution in [0.5, 0.6) is 0 Å². The fourth-order valence-corrected chi connectivity index (χ4v) is 2.34. The van der Waals surface area contributed by atoms with Crippen LogP contribution in [0, 0.1) is 16.7 Å². The molecule has 0 aromatic carbocycles. The van der Waals surface area contributed by atoms with Crippen LogP contribution in [0.25, 0.3) is 0 Å². The fourth-order valence-electron chi connectivity index (χ4n) is 2.34. The Balaban J connectivity index is 2.68. The van der Waals surface area contributed by atoms with Gasteiger partial charge in [0, 0.05) is 12.0 Å². The van der Waals surface area contributed by atoms with Crippen LogP contribution < -0.4 is 5.32 Å². The first kappa shape index (κ1) is 12.5. The lowest BCUT2D eigenvalue weighted by atomic mass is 9.72. The molecule has 88 valence electrons. The zero-order valence-electron chi connectivity index (χ0n) is 11.0. The maximum atomic E-state index is 11.8. The number of carbonyl (C=O) groups excluding carboxylic acids is 1. The smallest absolute Gasteiger partial charge is 0.223 e. The number of hydrogen-bond acceptors (Lipinski definition) is 1. The van der Waals surface area contributed by atoms with Gasteiger partial charge in [0.2, 0.25) is 5.91 Å². The van der Waals surface area contributed by atoms with E-state index in [0.717, 1.165) is 12.8 Å². The standard InChI is InChI=1S/C13H25NO/c1-12(2,3)11(13(4,5)6)14-10(15)9-7-8-9/h9,11H,7-8H2,1-6H3,(H,14,15). The van der Waals surface area contributed by atoms with E-state index in [1.807, 2.05) is 0 Å². The Morgan fingerprint density at radius 3 is 1.73 bits per heavy atom.